The summed E-state index contributed by atoms with van der Waals surface area (Å²) in [5.74, 6) is 3.28. The van der Waals surface area contributed by atoms with E-state index in [1.165, 1.54) is 37.7 Å². The van der Waals surface area contributed by atoms with Gasteiger partial charge in [0.15, 0.2) is 0 Å². The Kier molecular flexibility index (Phi) is 9.85. The first-order valence-electron chi connectivity index (χ1n) is 12.9. The van der Waals surface area contributed by atoms with Crippen LogP contribution in [0.1, 0.15) is 75.6 Å². The first-order chi connectivity index (χ1) is 17.3. The van der Waals surface area contributed by atoms with E-state index in [0.29, 0.717) is 23.4 Å². The maximum Gasteiger partial charge on any atom is 0.113 e. The van der Waals surface area contributed by atoms with Crippen LogP contribution >= 0.6 is 0 Å². The van der Waals surface area contributed by atoms with Crippen LogP contribution in [0.4, 0.5) is 5.69 Å². The average molecular weight is 481 g/mol. The molecular formula is C32H40N4. The first-order valence-corrected chi connectivity index (χ1v) is 12.9. The van der Waals surface area contributed by atoms with Crippen molar-refractivity contribution >= 4 is 17.1 Å². The number of aromatic nitrogens is 1. The van der Waals surface area contributed by atoms with Crippen molar-refractivity contribution in [2.75, 3.05) is 18.9 Å². The van der Waals surface area contributed by atoms with Gasteiger partial charge in [0.1, 0.15) is 5.69 Å². The topological polar surface area (TPSA) is 40.5 Å². The summed E-state index contributed by atoms with van der Waals surface area (Å²) in [5, 5.41) is 3.62. The number of rotatable bonds is 10. The zero-order valence-electron chi connectivity index (χ0n) is 22.3. The van der Waals surface area contributed by atoms with Gasteiger partial charge in [-0.25, -0.2) is 9.98 Å². The molecule has 188 valence electrons. The Bertz CT molecular complexity index is 1160. The van der Waals surface area contributed by atoms with E-state index in [1.807, 2.05) is 12.1 Å². The summed E-state index contributed by atoms with van der Waals surface area (Å²) in [7, 11) is 2.12. The Labute approximate surface area is 218 Å². The Hall–Kier alpha value is -3.42. The third-order valence-electron chi connectivity index (χ3n) is 7.06. The fourth-order valence-electron chi connectivity index (χ4n) is 4.53. The van der Waals surface area contributed by atoms with Gasteiger partial charge in [-0.1, -0.05) is 50.5 Å². The van der Waals surface area contributed by atoms with Gasteiger partial charge in [-0.15, -0.1) is 6.42 Å². The van der Waals surface area contributed by atoms with Gasteiger partial charge >= 0.3 is 0 Å². The van der Waals surface area contributed by atoms with Crippen LogP contribution in [0.3, 0.4) is 0 Å². The van der Waals surface area contributed by atoms with Crippen LogP contribution in [-0.4, -0.2) is 35.2 Å². The van der Waals surface area contributed by atoms with E-state index in [4.69, 9.17) is 11.4 Å². The highest BCUT2D eigenvalue weighted by molar-refractivity contribution is 6.11. The molecule has 1 aromatic heterocycles. The molecule has 1 saturated carbocycles. The van der Waals surface area contributed by atoms with Crippen LogP contribution in [0.2, 0.25) is 0 Å². The lowest BCUT2D eigenvalue weighted by molar-refractivity contribution is 0.299. The molecule has 1 N–H and O–H groups in total. The maximum atomic E-state index is 5.53. The van der Waals surface area contributed by atoms with E-state index in [1.54, 1.807) is 12.3 Å². The van der Waals surface area contributed by atoms with Crippen LogP contribution < -0.4 is 5.32 Å². The molecule has 0 bridgehead atoms. The highest BCUT2D eigenvalue weighted by Crippen LogP contribution is 2.33. The van der Waals surface area contributed by atoms with Gasteiger partial charge in [0.2, 0.25) is 0 Å². The lowest BCUT2D eigenvalue weighted by atomic mass is 9.84. The van der Waals surface area contributed by atoms with E-state index in [-0.39, 0.29) is 0 Å². The van der Waals surface area contributed by atoms with Crippen molar-refractivity contribution in [3.8, 4) is 12.3 Å². The fraction of sp³-hybridized carbons (Fsp3) is 0.375. The van der Waals surface area contributed by atoms with E-state index < -0.39 is 0 Å². The molecule has 1 heterocycles. The minimum absolute atomic E-state index is 0.384. The molecule has 4 nitrogen and oxygen atoms in total. The summed E-state index contributed by atoms with van der Waals surface area (Å²) in [6.45, 7) is 15.5. The second-order valence-corrected chi connectivity index (χ2v) is 9.92. The monoisotopic (exact) mass is 480 g/mol. The molecule has 0 unspecified atom stereocenters. The molecule has 4 heteroatoms. The molecular weight excluding hydrogens is 440 g/mol. The molecule has 3 rings (SSSR count). The Morgan fingerprint density at radius 1 is 1.22 bits per heavy atom. The summed E-state index contributed by atoms with van der Waals surface area (Å²) in [6.07, 6.45) is 15.7. The Balaban J connectivity index is 1.90. The fourth-order valence-corrected chi connectivity index (χ4v) is 4.53. The number of hydrogen-bond donors (Lipinski definition) is 1. The van der Waals surface area contributed by atoms with Gasteiger partial charge in [0, 0.05) is 41.3 Å². The molecule has 0 atom stereocenters. The molecule has 1 aliphatic carbocycles. The van der Waals surface area contributed by atoms with E-state index in [9.17, 15) is 0 Å². The number of pyridine rings is 1. The number of terminal acetylenes is 1. The SMILES string of the molecule is C#Cc1cc(C(=C)/N=C(C=C)\C(CN(C)C(C)C)=C(/C)Nc2ccc(C3CCCCC3)cc2)ccn1. The molecule has 36 heavy (non-hydrogen) atoms. The molecule has 0 saturated heterocycles. The summed E-state index contributed by atoms with van der Waals surface area (Å²) >= 11 is 0. The van der Waals surface area contributed by atoms with Crippen molar-refractivity contribution in [3.05, 3.63) is 89.9 Å². The van der Waals surface area contributed by atoms with Crippen molar-refractivity contribution in [2.24, 2.45) is 4.99 Å². The number of benzene rings is 1. The summed E-state index contributed by atoms with van der Waals surface area (Å²) < 4.78 is 0. The lowest BCUT2D eigenvalue weighted by Crippen LogP contribution is -2.31. The minimum atomic E-state index is 0.384. The number of aliphatic imine (C=N–C) groups is 1. The van der Waals surface area contributed by atoms with E-state index in [0.717, 1.165) is 34.8 Å². The number of nitrogens with one attached hydrogen (secondary N) is 1. The van der Waals surface area contributed by atoms with Crippen LogP contribution in [0.5, 0.6) is 0 Å². The predicted molar refractivity (Wildman–Crippen MR) is 155 cm³/mol. The molecule has 0 aliphatic heterocycles. The van der Waals surface area contributed by atoms with Crippen molar-refractivity contribution in [1.29, 1.82) is 0 Å². The minimum Gasteiger partial charge on any atom is -0.359 e. The standard InChI is InChI=1S/C32H40N4/c1-8-29-21-28(19-20-33-29)24(5)35-32(9-2)31(22-36(7)23(3)4)25(6)34-30-17-15-27(16-18-30)26-13-11-10-12-14-26/h1,9,15-21,23,26,34H,2,5,10-14,22H2,3-4,6-7H3/b31-25+,35-32-. The number of hydrogen-bond acceptors (Lipinski definition) is 4. The van der Waals surface area contributed by atoms with Crippen molar-refractivity contribution < 1.29 is 0 Å². The van der Waals surface area contributed by atoms with Crippen LogP contribution in [0.15, 0.2) is 78.1 Å². The number of allylic oxidation sites excluding steroid dienone is 2. The average Bonchev–Trinajstić information content (AvgIpc) is 2.91. The van der Waals surface area contributed by atoms with Crippen LogP contribution in [0.25, 0.3) is 5.70 Å². The quantitative estimate of drug-likeness (QED) is 0.284. The van der Waals surface area contributed by atoms with Crippen molar-refractivity contribution in [1.82, 2.24) is 9.88 Å². The first kappa shape index (κ1) is 27.2. The molecule has 0 spiro atoms. The molecule has 1 aliphatic rings. The van der Waals surface area contributed by atoms with E-state index in [2.05, 4.69) is 86.4 Å². The highest BCUT2D eigenvalue weighted by atomic mass is 15.1. The number of nitrogens with zero attached hydrogens (tertiary/aromatic N) is 3. The highest BCUT2D eigenvalue weighted by Gasteiger charge is 2.17. The second kappa shape index (κ2) is 13.0. The third kappa shape index (κ3) is 7.29. The number of anilines is 1. The maximum absolute atomic E-state index is 5.53. The van der Waals surface area contributed by atoms with Crippen LogP contribution in [0, 0.1) is 12.3 Å². The molecule has 2 aromatic rings. The molecule has 1 fully saturated rings. The predicted octanol–water partition coefficient (Wildman–Crippen LogP) is 7.43. The van der Waals surface area contributed by atoms with Gasteiger partial charge in [-0.3, -0.25) is 4.90 Å². The second-order valence-electron chi connectivity index (χ2n) is 9.92. The van der Waals surface area contributed by atoms with Gasteiger partial charge in [-0.2, -0.15) is 0 Å². The largest absolute Gasteiger partial charge is 0.359 e. The van der Waals surface area contributed by atoms with Gasteiger partial charge in [0.25, 0.3) is 0 Å². The van der Waals surface area contributed by atoms with Crippen molar-refractivity contribution in [3.63, 3.8) is 0 Å². The molecule has 0 amide bonds. The summed E-state index contributed by atoms with van der Waals surface area (Å²) in [6, 6.07) is 13.0. The Morgan fingerprint density at radius 2 is 1.92 bits per heavy atom. The third-order valence-corrected chi connectivity index (χ3v) is 7.06. The zero-order chi connectivity index (χ0) is 26.1. The van der Waals surface area contributed by atoms with Gasteiger partial charge < -0.3 is 5.32 Å². The molecule has 1 aromatic carbocycles. The van der Waals surface area contributed by atoms with Gasteiger partial charge in [0.05, 0.1) is 11.4 Å². The van der Waals surface area contributed by atoms with Crippen LogP contribution in [-0.2, 0) is 0 Å². The van der Waals surface area contributed by atoms with Gasteiger partial charge in [-0.05, 0) is 82.5 Å². The Morgan fingerprint density at radius 3 is 2.53 bits per heavy atom. The molecule has 0 radical (unpaired) electrons. The summed E-state index contributed by atoms with van der Waals surface area (Å²) in [5.41, 5.74) is 7.46. The van der Waals surface area contributed by atoms with E-state index >= 15 is 0 Å². The summed E-state index contributed by atoms with van der Waals surface area (Å²) in [4.78, 5) is 11.3. The smallest absolute Gasteiger partial charge is 0.113 e. The normalized spacial score (nSPS) is 15.4. The lowest BCUT2D eigenvalue weighted by Gasteiger charge is -2.25. The zero-order valence-corrected chi connectivity index (χ0v) is 22.3. The number of likely N-dealkylation sites (N-methyl/N-ethyl adjacent to an activating group) is 1. The van der Waals surface area contributed by atoms with Crippen molar-refractivity contribution in [2.45, 2.75) is 64.8 Å².